The molecule has 0 fully saturated rings. The van der Waals surface area contributed by atoms with E-state index < -0.39 is 6.04 Å². The van der Waals surface area contributed by atoms with Crippen molar-refractivity contribution in [2.24, 2.45) is 0 Å². The second-order valence-corrected chi connectivity index (χ2v) is 3.53. The largest absolute Gasteiger partial charge is 0.468 e. The average Bonchev–Trinajstić information content (AvgIpc) is 2.26. The first kappa shape index (κ1) is 11.7. The van der Waals surface area contributed by atoms with E-state index in [1.807, 2.05) is 26.0 Å². The second-order valence-electron chi connectivity index (χ2n) is 3.53. The fourth-order valence-electron chi connectivity index (χ4n) is 1.27. The Morgan fingerprint density at radius 3 is 2.67 bits per heavy atom. The number of carbonyl (C=O) groups is 1. The molecule has 4 nitrogen and oxygen atoms in total. The summed E-state index contributed by atoms with van der Waals surface area (Å²) in [5.74, 6) is -0.317. The third-order valence-electron chi connectivity index (χ3n) is 1.92. The molecule has 0 spiro atoms. The number of ether oxygens (including phenoxy) is 1. The molecule has 15 heavy (non-hydrogen) atoms. The number of esters is 1. The third kappa shape index (κ3) is 3.32. The maximum absolute atomic E-state index is 11.5. The molecule has 1 atom stereocenters. The van der Waals surface area contributed by atoms with Crippen LogP contribution in [0.1, 0.15) is 25.6 Å². The maximum Gasteiger partial charge on any atom is 0.329 e. The van der Waals surface area contributed by atoms with Crippen molar-refractivity contribution in [3.05, 3.63) is 30.1 Å². The van der Waals surface area contributed by atoms with Gasteiger partial charge in [-0.2, -0.15) is 0 Å². The lowest BCUT2D eigenvalue weighted by Gasteiger charge is -2.18. The molecule has 1 aromatic heterocycles. The Kier molecular flexibility index (Phi) is 4.24. The van der Waals surface area contributed by atoms with E-state index in [1.165, 1.54) is 7.11 Å². The van der Waals surface area contributed by atoms with Crippen LogP contribution < -0.4 is 5.32 Å². The van der Waals surface area contributed by atoms with Crippen LogP contribution in [0.3, 0.4) is 0 Å². The molecule has 4 heteroatoms. The Balaban J connectivity index is 2.86. The number of aromatic nitrogens is 1. The molecule has 0 radical (unpaired) electrons. The quantitative estimate of drug-likeness (QED) is 0.758. The number of carbonyl (C=O) groups excluding carboxylic acids is 1. The first-order valence-corrected chi connectivity index (χ1v) is 4.90. The molecule has 0 bridgehead atoms. The Bertz CT molecular complexity index is 312. The minimum Gasteiger partial charge on any atom is -0.468 e. The lowest BCUT2D eigenvalue weighted by atomic mass is 10.1. The molecule has 0 aliphatic rings. The number of rotatable bonds is 4. The van der Waals surface area contributed by atoms with Gasteiger partial charge in [0, 0.05) is 12.2 Å². The van der Waals surface area contributed by atoms with Crippen LogP contribution in [0.5, 0.6) is 0 Å². The van der Waals surface area contributed by atoms with Crippen molar-refractivity contribution in [2.45, 2.75) is 25.9 Å². The molecule has 1 rings (SSSR count). The highest BCUT2D eigenvalue weighted by molar-refractivity contribution is 5.76. The maximum atomic E-state index is 11.5. The summed E-state index contributed by atoms with van der Waals surface area (Å²) in [6.07, 6.45) is 1.66. The Labute approximate surface area is 89.7 Å². The van der Waals surface area contributed by atoms with Crippen LogP contribution in [0.2, 0.25) is 0 Å². The summed E-state index contributed by atoms with van der Waals surface area (Å²) >= 11 is 0. The van der Waals surface area contributed by atoms with Gasteiger partial charge in [-0.05, 0) is 26.0 Å². The van der Waals surface area contributed by atoms with E-state index in [0.717, 1.165) is 0 Å². The smallest absolute Gasteiger partial charge is 0.329 e. The zero-order chi connectivity index (χ0) is 11.3. The van der Waals surface area contributed by atoms with E-state index in [4.69, 9.17) is 4.74 Å². The molecule has 0 aliphatic heterocycles. The van der Waals surface area contributed by atoms with Crippen molar-refractivity contribution >= 4 is 5.97 Å². The van der Waals surface area contributed by atoms with Crippen LogP contribution in [0.4, 0.5) is 0 Å². The van der Waals surface area contributed by atoms with Gasteiger partial charge in [0.1, 0.15) is 6.04 Å². The van der Waals surface area contributed by atoms with Gasteiger partial charge >= 0.3 is 5.97 Å². The monoisotopic (exact) mass is 208 g/mol. The van der Waals surface area contributed by atoms with Crippen molar-refractivity contribution in [3.8, 4) is 0 Å². The molecule has 0 amide bonds. The summed E-state index contributed by atoms with van der Waals surface area (Å²) in [5.41, 5.74) is 0.679. The predicted molar refractivity (Wildman–Crippen MR) is 57.3 cm³/mol. The summed E-state index contributed by atoms with van der Waals surface area (Å²) in [7, 11) is 1.38. The van der Waals surface area contributed by atoms with Crippen LogP contribution in [-0.4, -0.2) is 24.1 Å². The van der Waals surface area contributed by atoms with Crippen molar-refractivity contribution in [2.75, 3.05) is 7.11 Å². The first-order chi connectivity index (χ1) is 7.15. The number of nitrogens with zero attached hydrogens (tertiary/aromatic N) is 1. The SMILES string of the molecule is COC(=O)C(NC(C)C)c1ccccn1. The molecular weight excluding hydrogens is 192 g/mol. The van der Waals surface area contributed by atoms with E-state index in [1.54, 1.807) is 12.3 Å². The molecule has 1 unspecified atom stereocenters. The van der Waals surface area contributed by atoms with Crippen molar-refractivity contribution < 1.29 is 9.53 Å². The number of pyridine rings is 1. The molecule has 1 heterocycles. The van der Waals surface area contributed by atoms with Gasteiger partial charge in [0.2, 0.25) is 0 Å². The number of methoxy groups -OCH3 is 1. The number of hydrogen-bond donors (Lipinski definition) is 1. The van der Waals surface area contributed by atoms with Crippen LogP contribution in [-0.2, 0) is 9.53 Å². The van der Waals surface area contributed by atoms with Crippen molar-refractivity contribution in [3.63, 3.8) is 0 Å². The van der Waals surface area contributed by atoms with Crippen LogP contribution >= 0.6 is 0 Å². The van der Waals surface area contributed by atoms with E-state index in [-0.39, 0.29) is 12.0 Å². The lowest BCUT2D eigenvalue weighted by Crippen LogP contribution is -2.34. The van der Waals surface area contributed by atoms with Crippen LogP contribution in [0, 0.1) is 0 Å². The zero-order valence-corrected chi connectivity index (χ0v) is 9.23. The van der Waals surface area contributed by atoms with E-state index in [0.29, 0.717) is 5.69 Å². The van der Waals surface area contributed by atoms with Gasteiger partial charge < -0.3 is 4.74 Å². The van der Waals surface area contributed by atoms with Crippen LogP contribution in [0.15, 0.2) is 24.4 Å². The highest BCUT2D eigenvalue weighted by Gasteiger charge is 2.22. The Hall–Kier alpha value is -1.42. The minimum absolute atomic E-state index is 0.191. The number of hydrogen-bond acceptors (Lipinski definition) is 4. The zero-order valence-electron chi connectivity index (χ0n) is 9.23. The average molecular weight is 208 g/mol. The summed E-state index contributed by atoms with van der Waals surface area (Å²) in [4.78, 5) is 15.7. The third-order valence-corrected chi connectivity index (χ3v) is 1.92. The normalized spacial score (nSPS) is 12.5. The molecule has 0 saturated carbocycles. The Morgan fingerprint density at radius 2 is 2.20 bits per heavy atom. The van der Waals surface area contributed by atoms with Gasteiger partial charge in [0.25, 0.3) is 0 Å². The standard InChI is InChI=1S/C11H16N2O2/c1-8(2)13-10(11(14)15-3)9-6-4-5-7-12-9/h4-8,10,13H,1-3H3. The van der Waals surface area contributed by atoms with E-state index in [2.05, 4.69) is 10.3 Å². The molecule has 82 valence electrons. The predicted octanol–water partition coefficient (Wildman–Crippen LogP) is 1.29. The highest BCUT2D eigenvalue weighted by Crippen LogP contribution is 2.11. The molecule has 0 saturated heterocycles. The van der Waals surface area contributed by atoms with Crippen molar-refractivity contribution in [1.29, 1.82) is 0 Å². The van der Waals surface area contributed by atoms with Gasteiger partial charge in [0.05, 0.1) is 12.8 Å². The van der Waals surface area contributed by atoms with Gasteiger partial charge in [-0.25, -0.2) is 4.79 Å². The van der Waals surface area contributed by atoms with E-state index >= 15 is 0 Å². The van der Waals surface area contributed by atoms with Crippen molar-refractivity contribution in [1.82, 2.24) is 10.3 Å². The number of nitrogens with one attached hydrogen (secondary N) is 1. The van der Waals surface area contributed by atoms with Gasteiger partial charge in [-0.1, -0.05) is 6.07 Å². The lowest BCUT2D eigenvalue weighted by molar-refractivity contribution is -0.143. The molecule has 0 aromatic carbocycles. The van der Waals surface area contributed by atoms with E-state index in [9.17, 15) is 4.79 Å². The molecule has 0 aliphatic carbocycles. The molecular formula is C11H16N2O2. The summed E-state index contributed by atoms with van der Waals surface area (Å²) in [6, 6.07) is 5.16. The Morgan fingerprint density at radius 1 is 1.47 bits per heavy atom. The minimum atomic E-state index is -0.490. The summed E-state index contributed by atoms with van der Waals surface area (Å²) in [6.45, 7) is 3.94. The fourth-order valence-corrected chi connectivity index (χ4v) is 1.27. The fraction of sp³-hybridized carbons (Fsp3) is 0.455. The van der Waals surface area contributed by atoms with Crippen LogP contribution in [0.25, 0.3) is 0 Å². The molecule has 1 aromatic rings. The van der Waals surface area contributed by atoms with Gasteiger partial charge in [0.15, 0.2) is 0 Å². The first-order valence-electron chi connectivity index (χ1n) is 4.90. The summed E-state index contributed by atoms with van der Waals surface area (Å²) < 4.78 is 4.73. The second kappa shape index (κ2) is 5.46. The topological polar surface area (TPSA) is 51.2 Å². The van der Waals surface area contributed by atoms with Gasteiger partial charge in [-0.15, -0.1) is 0 Å². The molecule has 1 N–H and O–H groups in total. The summed E-state index contributed by atoms with van der Waals surface area (Å²) in [5, 5.41) is 3.11. The highest BCUT2D eigenvalue weighted by atomic mass is 16.5. The van der Waals surface area contributed by atoms with Gasteiger partial charge in [-0.3, -0.25) is 10.3 Å².